The lowest BCUT2D eigenvalue weighted by atomic mass is 10.1. The number of aromatic nitrogens is 2. The quantitative estimate of drug-likeness (QED) is 0.252. The molecule has 3 aromatic rings. The number of hydrogen-bond acceptors (Lipinski definition) is 5. The predicted octanol–water partition coefficient (Wildman–Crippen LogP) is 8.28. The monoisotopic (exact) mass is 486 g/mol. The van der Waals surface area contributed by atoms with Gasteiger partial charge in [0, 0.05) is 11.9 Å². The molecule has 0 aliphatic carbocycles. The Morgan fingerprint density at radius 1 is 0.943 bits per heavy atom. The van der Waals surface area contributed by atoms with Crippen molar-refractivity contribution in [3.63, 3.8) is 0 Å². The van der Waals surface area contributed by atoms with E-state index in [0.717, 1.165) is 25.5 Å². The van der Waals surface area contributed by atoms with Gasteiger partial charge in [0.05, 0.1) is 11.8 Å². The van der Waals surface area contributed by atoms with Crippen molar-refractivity contribution in [3.05, 3.63) is 65.9 Å². The zero-order chi connectivity index (χ0) is 25.3. The highest BCUT2D eigenvalue weighted by atomic mass is 19.4. The minimum absolute atomic E-state index is 0.0662. The van der Waals surface area contributed by atoms with Crippen molar-refractivity contribution in [2.24, 2.45) is 0 Å². The van der Waals surface area contributed by atoms with E-state index in [0.29, 0.717) is 17.1 Å². The minimum atomic E-state index is -4.62. The van der Waals surface area contributed by atoms with Crippen molar-refractivity contribution in [2.45, 2.75) is 71.6 Å². The lowest BCUT2D eigenvalue weighted by Gasteiger charge is -2.19. The van der Waals surface area contributed by atoms with Crippen LogP contribution in [0.5, 0.6) is 5.75 Å². The van der Waals surface area contributed by atoms with Crippen LogP contribution in [0.2, 0.25) is 0 Å². The van der Waals surface area contributed by atoms with Gasteiger partial charge in [-0.2, -0.15) is 18.2 Å². The Kier molecular flexibility index (Phi) is 9.34. The summed E-state index contributed by atoms with van der Waals surface area (Å²) in [6.07, 6.45) is 2.63. The summed E-state index contributed by atoms with van der Waals surface area (Å²) in [5.74, 6) is 0.178. The van der Waals surface area contributed by atoms with E-state index >= 15 is 0 Å². The largest absolute Gasteiger partial charge is 0.489 e. The third kappa shape index (κ3) is 7.87. The van der Waals surface area contributed by atoms with Crippen molar-refractivity contribution in [1.29, 1.82) is 0 Å². The lowest BCUT2D eigenvalue weighted by Crippen LogP contribution is -2.14. The van der Waals surface area contributed by atoms with Crippen molar-refractivity contribution < 1.29 is 17.9 Å². The first-order valence-electron chi connectivity index (χ1n) is 12.1. The molecule has 0 fully saturated rings. The number of unbranched alkanes of at least 4 members (excludes halogenated alkanes) is 3. The zero-order valence-corrected chi connectivity index (χ0v) is 20.5. The molecule has 188 valence electrons. The number of anilines is 4. The van der Waals surface area contributed by atoms with E-state index in [1.807, 2.05) is 38.1 Å². The highest BCUT2D eigenvalue weighted by molar-refractivity contribution is 5.67. The maximum absolute atomic E-state index is 13.7. The van der Waals surface area contributed by atoms with Gasteiger partial charge in [0.1, 0.15) is 17.1 Å². The maximum atomic E-state index is 13.7. The Balaban J connectivity index is 1.80. The number of para-hydroxylation sites is 2. The summed E-state index contributed by atoms with van der Waals surface area (Å²) >= 11 is 0. The molecule has 1 aromatic heterocycles. The summed E-state index contributed by atoms with van der Waals surface area (Å²) in [5.41, 5.74) is 1.37. The fourth-order valence-corrected chi connectivity index (χ4v) is 3.48. The molecule has 1 unspecified atom stereocenters. The van der Waals surface area contributed by atoms with Crippen LogP contribution in [0, 0.1) is 0 Å². The Hall–Kier alpha value is -3.29. The van der Waals surface area contributed by atoms with Gasteiger partial charge in [-0.15, -0.1) is 0 Å². The first-order chi connectivity index (χ1) is 16.8. The van der Waals surface area contributed by atoms with Crippen LogP contribution in [0.4, 0.5) is 36.3 Å². The number of hydrogen-bond donors (Lipinski definition) is 2. The topological polar surface area (TPSA) is 59.1 Å². The van der Waals surface area contributed by atoms with Gasteiger partial charge in [0.2, 0.25) is 5.95 Å². The first kappa shape index (κ1) is 26.3. The number of alkyl halides is 3. The lowest BCUT2D eigenvalue weighted by molar-refractivity contribution is -0.137. The molecule has 0 radical (unpaired) electrons. The van der Waals surface area contributed by atoms with Gasteiger partial charge in [-0.05, 0) is 56.0 Å². The fraction of sp³-hybridized carbons (Fsp3) is 0.407. The summed E-state index contributed by atoms with van der Waals surface area (Å²) in [4.78, 5) is 8.06. The number of aryl methyl sites for hydroxylation is 1. The number of nitrogens with zero attached hydrogens (tertiary/aromatic N) is 2. The van der Waals surface area contributed by atoms with E-state index in [1.54, 1.807) is 24.3 Å². The van der Waals surface area contributed by atoms with Crippen LogP contribution in [-0.4, -0.2) is 16.1 Å². The smallest absolute Gasteiger partial charge is 0.421 e. The molecule has 0 aliphatic heterocycles. The molecule has 1 heterocycles. The predicted molar refractivity (Wildman–Crippen MR) is 135 cm³/mol. The molecule has 0 aliphatic rings. The van der Waals surface area contributed by atoms with Crippen LogP contribution in [-0.2, 0) is 12.6 Å². The Morgan fingerprint density at radius 3 is 2.37 bits per heavy atom. The first-order valence-corrected chi connectivity index (χ1v) is 12.1. The standard InChI is InChI=1S/C27H33F3N4O/c1-4-6-7-8-11-20-14-16-21(17-15-20)32-26-31-18-22(27(28,29)30)25(34-26)33-23-12-9-10-13-24(23)35-19(3)5-2/h9-10,12-19H,4-8,11H2,1-3H3,(H2,31,32,33,34). The van der Waals surface area contributed by atoms with E-state index in [2.05, 4.69) is 27.5 Å². The molecule has 0 bridgehead atoms. The molecule has 0 amide bonds. The van der Waals surface area contributed by atoms with Gasteiger partial charge < -0.3 is 15.4 Å². The van der Waals surface area contributed by atoms with Crippen LogP contribution in [0.3, 0.4) is 0 Å². The second-order valence-electron chi connectivity index (χ2n) is 8.54. The Morgan fingerprint density at radius 2 is 1.69 bits per heavy atom. The van der Waals surface area contributed by atoms with Crippen LogP contribution in [0.15, 0.2) is 54.7 Å². The summed E-state index contributed by atoms with van der Waals surface area (Å²) in [7, 11) is 0. The summed E-state index contributed by atoms with van der Waals surface area (Å²) in [6.45, 7) is 6.06. The van der Waals surface area contributed by atoms with Crippen LogP contribution >= 0.6 is 0 Å². The van der Waals surface area contributed by atoms with Gasteiger partial charge in [0.15, 0.2) is 0 Å². The number of rotatable bonds is 12. The molecule has 1 atom stereocenters. The van der Waals surface area contributed by atoms with Crippen LogP contribution in [0.1, 0.15) is 64.0 Å². The van der Waals surface area contributed by atoms with Crippen LogP contribution < -0.4 is 15.4 Å². The molecule has 35 heavy (non-hydrogen) atoms. The molecular weight excluding hydrogens is 453 g/mol. The Labute approximate surface area is 205 Å². The molecule has 0 saturated heterocycles. The molecule has 5 nitrogen and oxygen atoms in total. The second-order valence-corrected chi connectivity index (χ2v) is 8.54. The molecular formula is C27H33F3N4O. The average molecular weight is 487 g/mol. The van der Waals surface area contributed by atoms with Crippen molar-refractivity contribution in [2.75, 3.05) is 10.6 Å². The van der Waals surface area contributed by atoms with Crippen LogP contribution in [0.25, 0.3) is 0 Å². The van der Waals surface area contributed by atoms with Gasteiger partial charge in [0.25, 0.3) is 0 Å². The number of nitrogens with one attached hydrogen (secondary N) is 2. The van der Waals surface area contributed by atoms with E-state index < -0.39 is 11.7 Å². The highest BCUT2D eigenvalue weighted by Gasteiger charge is 2.35. The molecule has 0 spiro atoms. The van der Waals surface area contributed by atoms with E-state index in [1.165, 1.54) is 24.8 Å². The van der Waals surface area contributed by atoms with Gasteiger partial charge in [-0.1, -0.05) is 57.4 Å². The average Bonchev–Trinajstić information content (AvgIpc) is 2.83. The second kappa shape index (κ2) is 12.4. The van der Waals surface area contributed by atoms with E-state index in [9.17, 15) is 13.2 Å². The highest BCUT2D eigenvalue weighted by Crippen LogP contribution is 2.37. The third-order valence-corrected chi connectivity index (χ3v) is 5.67. The molecule has 8 heteroatoms. The molecule has 0 saturated carbocycles. The fourth-order valence-electron chi connectivity index (χ4n) is 3.48. The number of halogens is 3. The van der Waals surface area contributed by atoms with E-state index in [4.69, 9.17) is 4.74 Å². The van der Waals surface area contributed by atoms with Gasteiger partial charge >= 0.3 is 6.18 Å². The molecule has 2 aromatic carbocycles. The normalized spacial score (nSPS) is 12.3. The SMILES string of the molecule is CCCCCCc1ccc(Nc2ncc(C(F)(F)F)c(Nc3ccccc3OC(C)CC)n2)cc1. The summed E-state index contributed by atoms with van der Waals surface area (Å²) in [5, 5.41) is 5.82. The van der Waals surface area contributed by atoms with Gasteiger partial charge in [-0.3, -0.25) is 0 Å². The number of benzene rings is 2. The number of ether oxygens (including phenoxy) is 1. The van der Waals surface area contributed by atoms with Crippen molar-refractivity contribution in [1.82, 2.24) is 9.97 Å². The van der Waals surface area contributed by atoms with Crippen molar-refractivity contribution >= 4 is 23.1 Å². The minimum Gasteiger partial charge on any atom is -0.489 e. The summed E-state index contributed by atoms with van der Waals surface area (Å²) < 4.78 is 47.0. The Bertz CT molecular complexity index is 1070. The molecule has 2 N–H and O–H groups in total. The third-order valence-electron chi connectivity index (χ3n) is 5.67. The van der Waals surface area contributed by atoms with E-state index in [-0.39, 0.29) is 17.9 Å². The summed E-state index contributed by atoms with van der Waals surface area (Å²) in [6, 6.07) is 14.7. The van der Waals surface area contributed by atoms with Crippen molar-refractivity contribution in [3.8, 4) is 5.75 Å². The maximum Gasteiger partial charge on any atom is 0.421 e. The zero-order valence-electron chi connectivity index (χ0n) is 20.5. The van der Waals surface area contributed by atoms with Gasteiger partial charge in [-0.25, -0.2) is 4.98 Å². The molecule has 3 rings (SSSR count).